The van der Waals surface area contributed by atoms with Gasteiger partial charge in [0, 0.05) is 12.6 Å². The van der Waals surface area contributed by atoms with Crippen LogP contribution in [0.2, 0.25) is 0 Å². The van der Waals surface area contributed by atoms with Gasteiger partial charge < -0.3 is 0 Å². The fourth-order valence-electron chi connectivity index (χ4n) is 1.99. The van der Waals surface area contributed by atoms with Crippen molar-refractivity contribution in [3.05, 3.63) is 34.8 Å². The van der Waals surface area contributed by atoms with Gasteiger partial charge in [-0.3, -0.25) is 9.20 Å². The number of rotatable bonds is 1. The van der Waals surface area contributed by atoms with Gasteiger partial charge in [-0.2, -0.15) is 0 Å². The highest BCUT2D eigenvalue weighted by atomic mass is 32.1. The Morgan fingerprint density at radius 1 is 1.38 bits per heavy atom. The zero-order valence-corrected chi connectivity index (χ0v) is 9.84. The van der Waals surface area contributed by atoms with E-state index < -0.39 is 0 Å². The van der Waals surface area contributed by atoms with Crippen LogP contribution in [0.15, 0.2) is 24.3 Å². The molecule has 0 spiro atoms. The molecule has 0 atom stereocenters. The number of aromatic nitrogens is 2. The highest BCUT2D eigenvalue weighted by molar-refractivity contribution is 7.19. The Morgan fingerprint density at radius 3 is 2.88 bits per heavy atom. The van der Waals surface area contributed by atoms with Crippen molar-refractivity contribution in [3.63, 3.8) is 0 Å². The van der Waals surface area contributed by atoms with Crippen LogP contribution in [0.4, 0.5) is 0 Å². The smallest absolute Gasteiger partial charge is 0.195 e. The Labute approximate surface area is 96.3 Å². The Morgan fingerprint density at radius 2 is 2.12 bits per heavy atom. The van der Waals surface area contributed by atoms with E-state index in [9.17, 15) is 4.79 Å². The number of carbonyl (C=O) groups is 1. The molecule has 0 unspecified atom stereocenters. The minimum Gasteiger partial charge on any atom is -0.294 e. The molecule has 80 valence electrons. The van der Waals surface area contributed by atoms with E-state index in [2.05, 4.69) is 9.38 Å². The molecule has 4 heteroatoms. The van der Waals surface area contributed by atoms with E-state index in [0.29, 0.717) is 0 Å². The van der Waals surface area contributed by atoms with E-state index in [1.54, 1.807) is 6.92 Å². The Kier molecular flexibility index (Phi) is 1.88. The minimum absolute atomic E-state index is 0.108. The van der Waals surface area contributed by atoms with Crippen molar-refractivity contribution in [2.24, 2.45) is 0 Å². The number of hydrogen-bond acceptors (Lipinski definition) is 3. The topological polar surface area (TPSA) is 34.4 Å². The molecule has 1 aromatic carbocycles. The number of Topliss-reactive ketones (excluding diaryl/α,β-unsaturated/α-hetero) is 1. The predicted molar refractivity (Wildman–Crippen MR) is 65.3 cm³/mol. The van der Waals surface area contributed by atoms with Gasteiger partial charge in [-0.05, 0) is 19.1 Å². The zero-order valence-electron chi connectivity index (χ0n) is 9.02. The summed E-state index contributed by atoms with van der Waals surface area (Å²) in [6.45, 7) is 3.56. The summed E-state index contributed by atoms with van der Waals surface area (Å²) < 4.78 is 2.05. The first-order chi connectivity index (χ1) is 7.68. The summed E-state index contributed by atoms with van der Waals surface area (Å²) in [4.78, 5) is 17.6. The van der Waals surface area contributed by atoms with Gasteiger partial charge in [-0.1, -0.05) is 23.5 Å². The summed E-state index contributed by atoms with van der Waals surface area (Å²) in [6, 6.07) is 7.97. The lowest BCUT2D eigenvalue weighted by Gasteiger charge is -1.95. The first-order valence-electron chi connectivity index (χ1n) is 5.06. The average Bonchev–Trinajstić information content (AvgIpc) is 2.75. The zero-order chi connectivity index (χ0) is 11.3. The number of para-hydroxylation sites is 2. The van der Waals surface area contributed by atoms with Gasteiger partial charge in [0.05, 0.1) is 15.9 Å². The summed E-state index contributed by atoms with van der Waals surface area (Å²) in [6.07, 6.45) is 0. The van der Waals surface area contributed by atoms with Crippen molar-refractivity contribution in [2.75, 3.05) is 0 Å². The van der Waals surface area contributed by atoms with Crippen molar-refractivity contribution in [1.82, 2.24) is 9.38 Å². The average molecular weight is 230 g/mol. The number of benzene rings is 1. The molecule has 3 rings (SSSR count). The molecule has 2 aromatic heterocycles. The standard InChI is InChI=1S/C12H10N2OS/c1-7-11(8(2)15)16-12-13-9-5-3-4-6-10(9)14(7)12/h3-6H,1-2H3. The van der Waals surface area contributed by atoms with Crippen LogP contribution in [0.1, 0.15) is 22.3 Å². The molecule has 0 radical (unpaired) electrons. The second-order valence-corrected chi connectivity index (χ2v) is 4.77. The van der Waals surface area contributed by atoms with Crippen LogP contribution in [0.3, 0.4) is 0 Å². The lowest BCUT2D eigenvalue weighted by Crippen LogP contribution is -1.93. The van der Waals surface area contributed by atoms with Gasteiger partial charge in [0.25, 0.3) is 0 Å². The van der Waals surface area contributed by atoms with Crippen LogP contribution in [-0.4, -0.2) is 15.2 Å². The lowest BCUT2D eigenvalue weighted by atomic mass is 10.3. The summed E-state index contributed by atoms with van der Waals surface area (Å²) in [7, 11) is 0. The summed E-state index contributed by atoms with van der Waals surface area (Å²) in [5.74, 6) is 0.108. The largest absolute Gasteiger partial charge is 0.294 e. The summed E-state index contributed by atoms with van der Waals surface area (Å²) in [5.41, 5.74) is 3.03. The molecule has 0 fully saturated rings. The molecule has 3 aromatic rings. The molecule has 0 N–H and O–H groups in total. The van der Waals surface area contributed by atoms with E-state index in [-0.39, 0.29) is 5.78 Å². The third kappa shape index (κ3) is 1.13. The number of aryl methyl sites for hydroxylation is 1. The third-order valence-corrected chi connectivity index (χ3v) is 3.95. The van der Waals surface area contributed by atoms with E-state index in [0.717, 1.165) is 26.6 Å². The van der Waals surface area contributed by atoms with Crippen molar-refractivity contribution >= 4 is 33.1 Å². The van der Waals surface area contributed by atoms with Gasteiger partial charge in [0.15, 0.2) is 10.7 Å². The number of imidazole rings is 1. The van der Waals surface area contributed by atoms with Crippen LogP contribution in [0, 0.1) is 6.92 Å². The molecule has 3 nitrogen and oxygen atoms in total. The van der Waals surface area contributed by atoms with E-state index in [1.165, 1.54) is 11.3 Å². The molecule has 0 aliphatic rings. The highest BCUT2D eigenvalue weighted by Gasteiger charge is 2.15. The maximum Gasteiger partial charge on any atom is 0.195 e. The lowest BCUT2D eigenvalue weighted by molar-refractivity contribution is 0.102. The van der Waals surface area contributed by atoms with Gasteiger partial charge in [0.1, 0.15) is 0 Å². The van der Waals surface area contributed by atoms with Crippen molar-refractivity contribution in [1.29, 1.82) is 0 Å². The fraction of sp³-hybridized carbons (Fsp3) is 0.167. The number of hydrogen-bond donors (Lipinski definition) is 0. The number of carbonyl (C=O) groups excluding carboxylic acids is 1. The molecule has 2 heterocycles. The molecule has 0 bridgehead atoms. The molecule has 0 saturated carbocycles. The number of fused-ring (bicyclic) bond motifs is 3. The molecular weight excluding hydrogens is 220 g/mol. The van der Waals surface area contributed by atoms with Crippen LogP contribution >= 0.6 is 11.3 Å². The van der Waals surface area contributed by atoms with E-state index >= 15 is 0 Å². The monoisotopic (exact) mass is 230 g/mol. The second-order valence-electron chi connectivity index (χ2n) is 3.79. The van der Waals surface area contributed by atoms with Gasteiger partial charge in [-0.25, -0.2) is 4.98 Å². The SMILES string of the molecule is CC(=O)c1sc2nc3ccccc3n2c1C. The predicted octanol–water partition coefficient (Wildman–Crippen LogP) is 3.06. The Balaban J connectivity index is 2.50. The maximum atomic E-state index is 11.4. The molecule has 16 heavy (non-hydrogen) atoms. The molecule has 0 aliphatic heterocycles. The molecule has 0 amide bonds. The van der Waals surface area contributed by atoms with Crippen molar-refractivity contribution in [2.45, 2.75) is 13.8 Å². The molecule has 0 aliphatic carbocycles. The van der Waals surface area contributed by atoms with Crippen LogP contribution in [-0.2, 0) is 0 Å². The van der Waals surface area contributed by atoms with Gasteiger partial charge in [-0.15, -0.1) is 0 Å². The molecule has 0 saturated heterocycles. The fourth-order valence-corrected chi connectivity index (χ4v) is 3.03. The summed E-state index contributed by atoms with van der Waals surface area (Å²) in [5, 5.41) is 0. The van der Waals surface area contributed by atoms with E-state index in [1.807, 2.05) is 31.2 Å². The van der Waals surface area contributed by atoms with Gasteiger partial charge in [0.2, 0.25) is 0 Å². The summed E-state index contributed by atoms with van der Waals surface area (Å²) >= 11 is 1.46. The Hall–Kier alpha value is -1.68. The number of ketones is 1. The van der Waals surface area contributed by atoms with E-state index in [4.69, 9.17) is 0 Å². The first-order valence-corrected chi connectivity index (χ1v) is 5.87. The minimum atomic E-state index is 0.108. The highest BCUT2D eigenvalue weighted by Crippen LogP contribution is 2.27. The van der Waals surface area contributed by atoms with Crippen LogP contribution in [0.5, 0.6) is 0 Å². The number of nitrogens with zero attached hydrogens (tertiary/aromatic N) is 2. The van der Waals surface area contributed by atoms with Crippen LogP contribution < -0.4 is 0 Å². The van der Waals surface area contributed by atoms with Crippen molar-refractivity contribution in [3.8, 4) is 0 Å². The van der Waals surface area contributed by atoms with Crippen LogP contribution in [0.25, 0.3) is 16.0 Å². The third-order valence-electron chi connectivity index (χ3n) is 2.71. The normalized spacial score (nSPS) is 11.4. The van der Waals surface area contributed by atoms with Gasteiger partial charge >= 0.3 is 0 Å². The molecular formula is C12H10N2OS. The quantitative estimate of drug-likeness (QED) is 0.602. The maximum absolute atomic E-state index is 11.4. The number of thiazole rings is 1. The second kappa shape index (κ2) is 3.15. The Bertz CT molecular complexity index is 708. The van der Waals surface area contributed by atoms with Crippen molar-refractivity contribution < 1.29 is 4.79 Å². The first kappa shape index (κ1) is 9.54.